The molecule has 0 spiro atoms. The topological polar surface area (TPSA) is 40.5 Å². The largest absolute Gasteiger partial charge is 0.480 e. The third kappa shape index (κ3) is 2.99. The number of carbonyl (C=O) groups is 1. The van der Waals surface area contributed by atoms with E-state index in [9.17, 15) is 4.79 Å². The summed E-state index contributed by atoms with van der Waals surface area (Å²) >= 11 is 0. The van der Waals surface area contributed by atoms with Crippen molar-refractivity contribution in [3.63, 3.8) is 0 Å². The van der Waals surface area contributed by atoms with Crippen molar-refractivity contribution in [2.24, 2.45) is 5.92 Å². The average molecular weight is 185 g/mol. The fourth-order valence-electron chi connectivity index (χ4n) is 1.96. The molecule has 0 aromatic carbocycles. The van der Waals surface area contributed by atoms with E-state index in [0.29, 0.717) is 5.92 Å². The van der Waals surface area contributed by atoms with Crippen LogP contribution in [-0.2, 0) is 4.79 Å². The van der Waals surface area contributed by atoms with Crippen LogP contribution in [0.2, 0.25) is 0 Å². The molecule has 0 bridgehead atoms. The van der Waals surface area contributed by atoms with Gasteiger partial charge in [0.1, 0.15) is 6.04 Å². The first-order chi connectivity index (χ1) is 6.11. The van der Waals surface area contributed by atoms with Crippen molar-refractivity contribution in [2.75, 3.05) is 13.1 Å². The third-order valence-corrected chi connectivity index (χ3v) is 2.50. The molecule has 3 nitrogen and oxygen atoms in total. The van der Waals surface area contributed by atoms with E-state index in [1.54, 1.807) is 0 Å². The van der Waals surface area contributed by atoms with Gasteiger partial charge in [-0.15, -0.1) is 0 Å². The van der Waals surface area contributed by atoms with Gasteiger partial charge in [0, 0.05) is 6.54 Å². The molecular weight excluding hydrogens is 166 g/mol. The minimum absolute atomic E-state index is 0.226. The lowest BCUT2D eigenvalue weighted by Gasteiger charge is -2.33. The molecule has 1 aliphatic rings. The summed E-state index contributed by atoms with van der Waals surface area (Å²) < 4.78 is 0. The van der Waals surface area contributed by atoms with Crippen LogP contribution in [0.3, 0.4) is 0 Å². The van der Waals surface area contributed by atoms with Crippen molar-refractivity contribution < 1.29 is 9.90 Å². The molecule has 1 N–H and O–H groups in total. The van der Waals surface area contributed by atoms with Crippen molar-refractivity contribution in [3.05, 3.63) is 0 Å². The number of carboxylic acid groups (broad SMARTS) is 1. The lowest BCUT2D eigenvalue weighted by atomic mass is 10.0. The molecule has 0 saturated carbocycles. The van der Waals surface area contributed by atoms with Crippen molar-refractivity contribution >= 4 is 5.97 Å². The van der Waals surface area contributed by atoms with Crippen molar-refractivity contribution in [1.29, 1.82) is 0 Å². The third-order valence-electron chi connectivity index (χ3n) is 2.50. The van der Waals surface area contributed by atoms with Crippen LogP contribution in [0.15, 0.2) is 0 Å². The predicted molar refractivity (Wildman–Crippen MR) is 51.7 cm³/mol. The molecule has 0 radical (unpaired) electrons. The quantitative estimate of drug-likeness (QED) is 0.725. The second-order valence-electron chi connectivity index (χ2n) is 4.24. The normalized spacial score (nSPS) is 25.0. The number of rotatable bonds is 3. The smallest absolute Gasteiger partial charge is 0.320 e. The molecule has 1 heterocycles. The van der Waals surface area contributed by atoms with Crippen LogP contribution >= 0.6 is 0 Å². The van der Waals surface area contributed by atoms with Crippen molar-refractivity contribution in [2.45, 2.75) is 39.2 Å². The van der Waals surface area contributed by atoms with Gasteiger partial charge in [-0.3, -0.25) is 9.69 Å². The minimum Gasteiger partial charge on any atom is -0.480 e. The molecule has 0 amide bonds. The maximum absolute atomic E-state index is 10.9. The Hall–Kier alpha value is -0.570. The molecule has 3 heteroatoms. The summed E-state index contributed by atoms with van der Waals surface area (Å²) in [5, 5.41) is 8.98. The Bertz CT molecular complexity index is 180. The Kier molecular flexibility index (Phi) is 3.72. The number of likely N-dealkylation sites (tertiary alicyclic amines) is 1. The maximum Gasteiger partial charge on any atom is 0.320 e. The summed E-state index contributed by atoms with van der Waals surface area (Å²) in [4.78, 5) is 13.0. The predicted octanol–water partition coefficient (Wildman–Crippen LogP) is 1.58. The Labute approximate surface area is 79.7 Å². The number of aliphatic carboxylic acids is 1. The summed E-state index contributed by atoms with van der Waals surface area (Å²) in [6.07, 6.45) is 3.03. The lowest BCUT2D eigenvalue weighted by Crippen LogP contribution is -2.46. The molecule has 76 valence electrons. The highest BCUT2D eigenvalue weighted by Crippen LogP contribution is 2.18. The molecule has 1 atom stereocenters. The van der Waals surface area contributed by atoms with Crippen LogP contribution in [0.4, 0.5) is 0 Å². The highest BCUT2D eigenvalue weighted by molar-refractivity contribution is 5.73. The first-order valence-corrected chi connectivity index (χ1v) is 5.08. The van der Waals surface area contributed by atoms with Gasteiger partial charge in [-0.05, 0) is 25.3 Å². The minimum atomic E-state index is -0.652. The van der Waals surface area contributed by atoms with Crippen LogP contribution in [0.25, 0.3) is 0 Å². The van der Waals surface area contributed by atoms with Gasteiger partial charge < -0.3 is 5.11 Å². The van der Waals surface area contributed by atoms with E-state index in [2.05, 4.69) is 18.7 Å². The van der Waals surface area contributed by atoms with E-state index < -0.39 is 5.97 Å². The van der Waals surface area contributed by atoms with Crippen molar-refractivity contribution in [3.8, 4) is 0 Å². The molecule has 0 aliphatic carbocycles. The first-order valence-electron chi connectivity index (χ1n) is 5.08. The van der Waals surface area contributed by atoms with Gasteiger partial charge in [0.15, 0.2) is 0 Å². The first kappa shape index (κ1) is 10.5. The van der Waals surface area contributed by atoms with E-state index >= 15 is 0 Å². The highest BCUT2D eigenvalue weighted by Gasteiger charge is 2.28. The lowest BCUT2D eigenvalue weighted by molar-refractivity contribution is -0.144. The second kappa shape index (κ2) is 4.61. The molecule has 1 unspecified atom stereocenters. The number of hydrogen-bond acceptors (Lipinski definition) is 2. The molecule has 1 rings (SSSR count). The molecule has 13 heavy (non-hydrogen) atoms. The zero-order valence-corrected chi connectivity index (χ0v) is 8.49. The van der Waals surface area contributed by atoms with Crippen LogP contribution < -0.4 is 0 Å². The van der Waals surface area contributed by atoms with Crippen LogP contribution in [0.5, 0.6) is 0 Å². The Balaban J connectivity index is 2.51. The summed E-state index contributed by atoms with van der Waals surface area (Å²) in [6.45, 7) is 6.13. The van der Waals surface area contributed by atoms with Gasteiger partial charge in [0.05, 0.1) is 0 Å². The number of piperidine rings is 1. The van der Waals surface area contributed by atoms with Gasteiger partial charge in [-0.25, -0.2) is 0 Å². The van der Waals surface area contributed by atoms with E-state index in [1.165, 1.54) is 0 Å². The van der Waals surface area contributed by atoms with E-state index in [0.717, 1.165) is 32.4 Å². The number of carboxylic acids is 1. The monoisotopic (exact) mass is 185 g/mol. The summed E-state index contributed by atoms with van der Waals surface area (Å²) in [5.74, 6) is -0.0969. The van der Waals surface area contributed by atoms with Crippen LogP contribution in [0, 0.1) is 5.92 Å². The molecule has 1 saturated heterocycles. The van der Waals surface area contributed by atoms with Crippen molar-refractivity contribution in [1.82, 2.24) is 4.90 Å². The van der Waals surface area contributed by atoms with Crippen LogP contribution in [0.1, 0.15) is 33.1 Å². The fraction of sp³-hybridized carbons (Fsp3) is 0.900. The summed E-state index contributed by atoms with van der Waals surface area (Å²) in [7, 11) is 0. The van der Waals surface area contributed by atoms with Gasteiger partial charge in [-0.1, -0.05) is 20.3 Å². The highest BCUT2D eigenvalue weighted by atomic mass is 16.4. The number of nitrogens with zero attached hydrogens (tertiary/aromatic N) is 1. The van der Waals surface area contributed by atoms with Gasteiger partial charge >= 0.3 is 5.97 Å². The Morgan fingerprint density at radius 1 is 1.54 bits per heavy atom. The molecule has 0 aromatic heterocycles. The van der Waals surface area contributed by atoms with E-state index in [1.807, 2.05) is 0 Å². The van der Waals surface area contributed by atoms with E-state index in [-0.39, 0.29) is 6.04 Å². The second-order valence-corrected chi connectivity index (χ2v) is 4.24. The summed E-state index contributed by atoms with van der Waals surface area (Å²) in [6, 6.07) is -0.226. The summed E-state index contributed by atoms with van der Waals surface area (Å²) in [5.41, 5.74) is 0. The Morgan fingerprint density at radius 2 is 2.23 bits per heavy atom. The van der Waals surface area contributed by atoms with Gasteiger partial charge in [0.2, 0.25) is 0 Å². The van der Waals surface area contributed by atoms with Crippen LogP contribution in [-0.4, -0.2) is 35.1 Å². The number of hydrogen-bond donors (Lipinski definition) is 1. The zero-order valence-electron chi connectivity index (χ0n) is 8.49. The van der Waals surface area contributed by atoms with E-state index in [4.69, 9.17) is 5.11 Å². The van der Waals surface area contributed by atoms with Gasteiger partial charge in [0.25, 0.3) is 0 Å². The SMILES string of the molecule is CC(C)CN1CCCCC1C(=O)O. The molecule has 1 fully saturated rings. The average Bonchev–Trinajstić information content (AvgIpc) is 2.03. The van der Waals surface area contributed by atoms with Gasteiger partial charge in [-0.2, -0.15) is 0 Å². The zero-order chi connectivity index (χ0) is 9.84. The molecule has 0 aromatic rings. The maximum atomic E-state index is 10.9. The fourth-order valence-corrected chi connectivity index (χ4v) is 1.96. The molecule has 1 aliphatic heterocycles. The molecular formula is C10H19NO2. The standard InChI is InChI=1S/C10H19NO2/c1-8(2)7-11-6-4-3-5-9(11)10(12)13/h8-9H,3-7H2,1-2H3,(H,12,13). The Morgan fingerprint density at radius 3 is 2.77 bits per heavy atom.